The lowest BCUT2D eigenvalue weighted by atomic mass is 9.92. The highest BCUT2D eigenvalue weighted by Crippen LogP contribution is 2.28. The van der Waals surface area contributed by atoms with Crippen molar-refractivity contribution < 1.29 is 9.47 Å². The minimum Gasteiger partial charge on any atom is -0.439 e. The first-order chi connectivity index (χ1) is 10.2. The minimum absolute atomic E-state index is 0.307. The molecule has 5 heteroatoms. The predicted molar refractivity (Wildman–Crippen MR) is 80.9 cm³/mol. The summed E-state index contributed by atoms with van der Waals surface area (Å²) in [6.07, 6.45) is 4.79. The molecule has 1 aromatic heterocycles. The Balaban J connectivity index is 1.83. The summed E-state index contributed by atoms with van der Waals surface area (Å²) in [7, 11) is 1.59. The lowest BCUT2D eigenvalue weighted by Gasteiger charge is -2.16. The first-order valence-electron chi connectivity index (χ1n) is 7.06. The number of methoxy groups -OCH3 is 1. The van der Waals surface area contributed by atoms with E-state index in [-0.39, 0.29) is 0 Å². The fourth-order valence-corrected chi connectivity index (χ4v) is 2.77. The molecule has 0 saturated heterocycles. The SMILES string of the molecule is COCc1nc(Cl)cc(Oc2ccc3c(c2)CCCC3)n1. The van der Waals surface area contributed by atoms with Gasteiger partial charge in [-0.1, -0.05) is 17.7 Å². The van der Waals surface area contributed by atoms with Crippen LogP contribution in [0.15, 0.2) is 24.3 Å². The van der Waals surface area contributed by atoms with Crippen LogP contribution in [0.5, 0.6) is 11.6 Å². The van der Waals surface area contributed by atoms with Crippen LogP contribution in [0.4, 0.5) is 0 Å². The van der Waals surface area contributed by atoms with E-state index in [1.807, 2.05) is 6.07 Å². The average Bonchev–Trinajstić information content (AvgIpc) is 2.47. The zero-order valence-corrected chi connectivity index (χ0v) is 12.7. The zero-order chi connectivity index (χ0) is 14.7. The van der Waals surface area contributed by atoms with Gasteiger partial charge in [0.2, 0.25) is 5.88 Å². The molecule has 1 aliphatic rings. The van der Waals surface area contributed by atoms with E-state index in [1.54, 1.807) is 13.2 Å². The molecule has 0 fully saturated rings. The lowest BCUT2D eigenvalue weighted by Crippen LogP contribution is -2.03. The van der Waals surface area contributed by atoms with E-state index in [4.69, 9.17) is 21.1 Å². The third-order valence-electron chi connectivity index (χ3n) is 3.53. The lowest BCUT2D eigenvalue weighted by molar-refractivity contribution is 0.177. The molecule has 1 aromatic carbocycles. The Kier molecular flexibility index (Phi) is 4.36. The molecule has 0 radical (unpaired) electrons. The molecule has 0 spiro atoms. The van der Waals surface area contributed by atoms with E-state index in [1.165, 1.54) is 24.0 Å². The van der Waals surface area contributed by atoms with Crippen LogP contribution in [-0.4, -0.2) is 17.1 Å². The third-order valence-corrected chi connectivity index (χ3v) is 3.73. The second-order valence-corrected chi connectivity index (χ2v) is 5.51. The van der Waals surface area contributed by atoms with Gasteiger partial charge in [0.05, 0.1) is 0 Å². The minimum atomic E-state index is 0.307. The fourth-order valence-electron chi connectivity index (χ4n) is 2.58. The van der Waals surface area contributed by atoms with Crippen molar-refractivity contribution in [1.29, 1.82) is 0 Å². The Bertz CT molecular complexity index is 646. The number of ether oxygens (including phenoxy) is 2. The quantitative estimate of drug-likeness (QED) is 0.802. The van der Waals surface area contributed by atoms with Gasteiger partial charge in [-0.25, -0.2) is 4.98 Å². The molecule has 1 aliphatic carbocycles. The Morgan fingerprint density at radius 3 is 2.71 bits per heavy atom. The second-order valence-electron chi connectivity index (χ2n) is 5.12. The Hall–Kier alpha value is -1.65. The van der Waals surface area contributed by atoms with E-state index in [0.717, 1.165) is 18.6 Å². The van der Waals surface area contributed by atoms with Crippen LogP contribution in [0.25, 0.3) is 0 Å². The van der Waals surface area contributed by atoms with Crippen LogP contribution in [0, 0.1) is 0 Å². The van der Waals surface area contributed by atoms with Crippen LogP contribution in [0.2, 0.25) is 5.15 Å². The van der Waals surface area contributed by atoms with E-state index >= 15 is 0 Å². The number of halogens is 1. The number of aromatic nitrogens is 2. The van der Waals surface area contributed by atoms with E-state index < -0.39 is 0 Å². The molecule has 2 aromatic rings. The van der Waals surface area contributed by atoms with Crippen LogP contribution in [0.1, 0.15) is 29.8 Å². The normalized spacial score (nSPS) is 13.8. The average molecular weight is 305 g/mol. The number of nitrogens with zero attached hydrogens (tertiary/aromatic N) is 2. The molecule has 4 nitrogen and oxygen atoms in total. The molecule has 0 atom stereocenters. The highest BCUT2D eigenvalue weighted by molar-refractivity contribution is 6.29. The Morgan fingerprint density at radius 2 is 1.90 bits per heavy atom. The molecular formula is C16H17ClN2O2. The number of hydrogen-bond donors (Lipinski definition) is 0. The summed E-state index contributed by atoms with van der Waals surface area (Å²) < 4.78 is 10.8. The van der Waals surface area contributed by atoms with Gasteiger partial charge in [-0.3, -0.25) is 0 Å². The van der Waals surface area contributed by atoms with Gasteiger partial charge in [0.25, 0.3) is 0 Å². The molecule has 0 N–H and O–H groups in total. The summed E-state index contributed by atoms with van der Waals surface area (Å²) in [5.74, 6) is 1.74. The van der Waals surface area contributed by atoms with Crippen molar-refractivity contribution in [3.63, 3.8) is 0 Å². The van der Waals surface area contributed by atoms with Gasteiger partial charge in [-0.05, 0) is 48.9 Å². The molecule has 21 heavy (non-hydrogen) atoms. The Labute approximate surface area is 129 Å². The first kappa shape index (κ1) is 14.3. The molecular weight excluding hydrogens is 288 g/mol. The number of aryl methyl sites for hydroxylation is 2. The molecule has 0 amide bonds. The maximum absolute atomic E-state index is 5.98. The summed E-state index contributed by atoms with van der Waals surface area (Å²) in [5.41, 5.74) is 2.80. The van der Waals surface area contributed by atoms with Crippen LogP contribution >= 0.6 is 11.6 Å². The zero-order valence-electron chi connectivity index (χ0n) is 11.9. The summed E-state index contributed by atoms with van der Waals surface area (Å²) in [6, 6.07) is 7.83. The number of benzene rings is 1. The second kappa shape index (κ2) is 6.41. The van der Waals surface area contributed by atoms with Crippen LogP contribution < -0.4 is 4.74 Å². The summed E-state index contributed by atoms with van der Waals surface area (Å²) in [5, 5.41) is 0.352. The largest absolute Gasteiger partial charge is 0.439 e. The first-order valence-corrected chi connectivity index (χ1v) is 7.44. The molecule has 3 rings (SSSR count). The molecule has 0 aliphatic heterocycles. The van der Waals surface area contributed by atoms with Crippen molar-refractivity contribution >= 4 is 11.6 Å². The van der Waals surface area contributed by atoms with Crippen LogP contribution in [0.3, 0.4) is 0 Å². The predicted octanol–water partition coefficient (Wildman–Crippen LogP) is 3.95. The van der Waals surface area contributed by atoms with Crippen molar-refractivity contribution in [2.75, 3.05) is 7.11 Å². The molecule has 0 saturated carbocycles. The monoisotopic (exact) mass is 304 g/mol. The van der Waals surface area contributed by atoms with Gasteiger partial charge in [0.15, 0.2) is 5.82 Å². The topological polar surface area (TPSA) is 44.2 Å². The van der Waals surface area contributed by atoms with Gasteiger partial charge in [0.1, 0.15) is 17.5 Å². The molecule has 110 valence electrons. The van der Waals surface area contributed by atoms with Gasteiger partial charge < -0.3 is 9.47 Å². The molecule has 0 bridgehead atoms. The third kappa shape index (κ3) is 3.52. The van der Waals surface area contributed by atoms with E-state index in [0.29, 0.717) is 23.5 Å². The van der Waals surface area contributed by atoms with Gasteiger partial charge in [0, 0.05) is 13.2 Å². The van der Waals surface area contributed by atoms with E-state index in [2.05, 4.69) is 22.1 Å². The molecule has 0 unspecified atom stereocenters. The maximum atomic E-state index is 5.98. The van der Waals surface area contributed by atoms with Crippen LogP contribution in [-0.2, 0) is 24.2 Å². The highest BCUT2D eigenvalue weighted by atomic mass is 35.5. The summed E-state index contributed by atoms with van der Waals surface area (Å²) in [4.78, 5) is 8.37. The van der Waals surface area contributed by atoms with Crippen molar-refractivity contribution in [2.24, 2.45) is 0 Å². The van der Waals surface area contributed by atoms with Crippen molar-refractivity contribution in [3.05, 3.63) is 46.4 Å². The summed E-state index contributed by atoms with van der Waals surface area (Å²) in [6.45, 7) is 0.307. The number of rotatable bonds is 4. The fraction of sp³-hybridized carbons (Fsp3) is 0.375. The smallest absolute Gasteiger partial charge is 0.224 e. The van der Waals surface area contributed by atoms with Crippen molar-refractivity contribution in [2.45, 2.75) is 32.3 Å². The maximum Gasteiger partial charge on any atom is 0.224 e. The number of fused-ring (bicyclic) bond motifs is 1. The van der Waals surface area contributed by atoms with Gasteiger partial charge in [-0.15, -0.1) is 0 Å². The van der Waals surface area contributed by atoms with Gasteiger partial charge in [-0.2, -0.15) is 4.98 Å². The summed E-state index contributed by atoms with van der Waals surface area (Å²) >= 11 is 5.98. The highest BCUT2D eigenvalue weighted by Gasteiger charge is 2.11. The van der Waals surface area contributed by atoms with E-state index in [9.17, 15) is 0 Å². The van der Waals surface area contributed by atoms with Crippen molar-refractivity contribution in [1.82, 2.24) is 9.97 Å². The standard InChI is InChI=1S/C16H17ClN2O2/c1-20-10-15-18-14(17)9-16(19-15)21-13-7-6-11-4-2-3-5-12(11)8-13/h6-9H,2-5,10H2,1H3. The number of hydrogen-bond acceptors (Lipinski definition) is 4. The Morgan fingerprint density at radius 1 is 1.10 bits per heavy atom. The molecule has 1 heterocycles. The van der Waals surface area contributed by atoms with Crippen molar-refractivity contribution in [3.8, 4) is 11.6 Å². The van der Waals surface area contributed by atoms with Gasteiger partial charge >= 0.3 is 0 Å².